The molecule has 0 saturated heterocycles. The van der Waals surface area contributed by atoms with Gasteiger partial charge >= 0.3 is 0 Å². The summed E-state index contributed by atoms with van der Waals surface area (Å²) in [6.45, 7) is 0. The Morgan fingerprint density at radius 2 is 1.90 bits per heavy atom. The average molecular weight is 458 g/mol. The number of nitrogens with one attached hydrogen (secondary N) is 2. The van der Waals surface area contributed by atoms with Gasteiger partial charge in [0.2, 0.25) is 20.9 Å². The minimum Gasteiger partial charge on any atom is -0.287 e. The fourth-order valence-corrected chi connectivity index (χ4v) is 3.86. The molecule has 12 nitrogen and oxygen atoms in total. The van der Waals surface area contributed by atoms with Gasteiger partial charge in [0, 0.05) is 18.5 Å². The molecule has 0 amide bonds. The lowest BCUT2D eigenvalue weighted by atomic mass is 10.2. The summed E-state index contributed by atoms with van der Waals surface area (Å²) in [5.74, 6) is 0.487. The minimum atomic E-state index is -3.89. The summed E-state index contributed by atoms with van der Waals surface area (Å²) in [7, 11) is -2.22. The second kappa shape index (κ2) is 7.82. The number of rotatable bonds is 5. The molecule has 4 rings (SSSR count). The highest BCUT2D eigenvalue weighted by Gasteiger charge is 2.12. The molecule has 2 aromatic heterocycles. The zero-order valence-electron chi connectivity index (χ0n) is 15.8. The number of hydrogen-bond donors (Lipinski definition) is 3. The number of fused-ring (bicyclic) bond motifs is 1. The third kappa shape index (κ3) is 4.11. The maximum Gasteiger partial charge on any atom is 0.238 e. The number of benzene rings is 2. The third-order valence-corrected chi connectivity index (χ3v) is 5.92. The second-order valence-electron chi connectivity index (χ2n) is 6.28. The van der Waals surface area contributed by atoms with Crippen LogP contribution in [-0.4, -0.2) is 22.6 Å². The standard InChI is InChI=1S/C17H14N8O4S2/c1-25-14(6-7-19-25)21-22-15-13(26)5-4-12(16(15)27)20-23-17-10-8-9(31(18,28)29)2-3-11(10)24-30-17/h2-8,21,23H,1H3,(H2,18,28,29). The van der Waals surface area contributed by atoms with Gasteiger partial charge in [0.05, 0.1) is 16.6 Å². The van der Waals surface area contributed by atoms with Crippen LogP contribution in [0, 0.1) is 0 Å². The fraction of sp³-hybridized carbons (Fsp3) is 0.0588. The van der Waals surface area contributed by atoms with Crippen molar-refractivity contribution in [2.45, 2.75) is 4.90 Å². The van der Waals surface area contributed by atoms with E-state index in [0.29, 0.717) is 21.7 Å². The van der Waals surface area contributed by atoms with Gasteiger partial charge in [-0.05, 0) is 41.9 Å². The van der Waals surface area contributed by atoms with Crippen LogP contribution in [-0.2, 0) is 17.1 Å². The van der Waals surface area contributed by atoms with E-state index in [1.54, 1.807) is 13.1 Å². The number of sulfonamides is 1. The highest BCUT2D eigenvalue weighted by Crippen LogP contribution is 2.29. The summed E-state index contributed by atoms with van der Waals surface area (Å²) in [5.41, 5.74) is 4.59. The van der Waals surface area contributed by atoms with Crippen LogP contribution in [0.1, 0.15) is 0 Å². The van der Waals surface area contributed by atoms with Gasteiger partial charge in [-0.25, -0.2) is 13.6 Å². The molecule has 158 valence electrons. The summed E-state index contributed by atoms with van der Waals surface area (Å²) in [4.78, 5) is 24.6. The first-order chi connectivity index (χ1) is 14.7. The van der Waals surface area contributed by atoms with Gasteiger partial charge in [0.25, 0.3) is 0 Å². The number of anilines is 2. The quantitative estimate of drug-likeness (QED) is 0.324. The van der Waals surface area contributed by atoms with Gasteiger partial charge in [-0.3, -0.25) is 25.1 Å². The largest absolute Gasteiger partial charge is 0.287 e. The molecule has 0 radical (unpaired) electrons. The Kier molecular flexibility index (Phi) is 5.18. The summed E-state index contributed by atoms with van der Waals surface area (Å²) in [6, 6.07) is 8.30. The van der Waals surface area contributed by atoms with Crippen molar-refractivity contribution < 1.29 is 8.42 Å². The topological polar surface area (TPSA) is 174 Å². The summed E-state index contributed by atoms with van der Waals surface area (Å²) in [5, 5.41) is 17.5. The molecule has 4 aromatic rings. The van der Waals surface area contributed by atoms with Crippen LogP contribution >= 0.6 is 11.5 Å². The first kappa shape index (κ1) is 20.5. The van der Waals surface area contributed by atoms with Gasteiger partial charge in [-0.2, -0.15) is 19.7 Å². The number of aryl methyl sites for hydroxylation is 1. The van der Waals surface area contributed by atoms with E-state index in [1.807, 2.05) is 0 Å². The van der Waals surface area contributed by atoms with Crippen LogP contribution in [0.25, 0.3) is 10.9 Å². The Morgan fingerprint density at radius 3 is 2.61 bits per heavy atom. The lowest BCUT2D eigenvalue weighted by molar-refractivity contribution is 0.598. The lowest BCUT2D eigenvalue weighted by Crippen LogP contribution is -2.48. The molecule has 4 N–H and O–H groups in total. The SMILES string of the molecule is Cn1nccc1NN=c1c(=O)ccc(=NNc2snc3ccc(S(N)(=O)=O)cc23)c1=O. The van der Waals surface area contributed by atoms with Crippen molar-refractivity contribution in [3.05, 3.63) is 73.8 Å². The van der Waals surface area contributed by atoms with E-state index < -0.39 is 20.9 Å². The monoisotopic (exact) mass is 458 g/mol. The predicted octanol–water partition coefficient (Wildman–Crippen LogP) is -0.871. The van der Waals surface area contributed by atoms with Gasteiger partial charge in [0.15, 0.2) is 5.36 Å². The van der Waals surface area contributed by atoms with E-state index >= 15 is 0 Å². The number of aromatic nitrogens is 3. The van der Waals surface area contributed by atoms with E-state index in [0.717, 1.165) is 11.5 Å². The van der Waals surface area contributed by atoms with Crippen LogP contribution in [0.3, 0.4) is 0 Å². The minimum absolute atomic E-state index is 0.0608. The molecule has 0 atom stereocenters. The maximum absolute atomic E-state index is 12.6. The molecule has 31 heavy (non-hydrogen) atoms. The molecule has 14 heteroatoms. The van der Waals surface area contributed by atoms with Crippen molar-refractivity contribution in [1.29, 1.82) is 0 Å². The van der Waals surface area contributed by atoms with Crippen LogP contribution in [0.15, 0.2) is 67.3 Å². The smallest absolute Gasteiger partial charge is 0.238 e. The first-order valence-electron chi connectivity index (χ1n) is 8.59. The Balaban J connectivity index is 1.73. The Hall–Kier alpha value is -3.75. The van der Waals surface area contributed by atoms with E-state index in [4.69, 9.17) is 5.14 Å². The number of primary sulfonamides is 1. The van der Waals surface area contributed by atoms with E-state index in [2.05, 4.69) is 30.5 Å². The van der Waals surface area contributed by atoms with E-state index in [1.165, 1.54) is 41.2 Å². The number of nitrogens with two attached hydrogens (primary N) is 1. The lowest BCUT2D eigenvalue weighted by Gasteiger charge is -2.00. The van der Waals surface area contributed by atoms with Crippen LogP contribution in [0.4, 0.5) is 10.8 Å². The van der Waals surface area contributed by atoms with Gasteiger partial charge in [-0.1, -0.05) is 0 Å². The zero-order chi connectivity index (χ0) is 22.2. The highest BCUT2D eigenvalue weighted by atomic mass is 32.2. The Bertz CT molecular complexity index is 1630. The average Bonchev–Trinajstić information content (AvgIpc) is 3.32. The van der Waals surface area contributed by atoms with Crippen molar-refractivity contribution in [2.75, 3.05) is 10.9 Å². The van der Waals surface area contributed by atoms with Crippen molar-refractivity contribution >= 4 is 43.3 Å². The molecule has 0 unspecified atom stereocenters. The molecule has 0 fully saturated rings. The third-order valence-electron chi connectivity index (χ3n) is 4.23. The molecule has 0 saturated carbocycles. The summed E-state index contributed by atoms with van der Waals surface area (Å²) < 4.78 is 28.9. The molecule has 0 aliphatic rings. The van der Waals surface area contributed by atoms with Crippen molar-refractivity contribution in [2.24, 2.45) is 22.4 Å². The highest BCUT2D eigenvalue weighted by molar-refractivity contribution is 7.89. The number of hydrogen-bond acceptors (Lipinski definition) is 11. The molecule has 0 bridgehead atoms. The van der Waals surface area contributed by atoms with Crippen molar-refractivity contribution in [1.82, 2.24) is 14.2 Å². The number of nitrogens with zero attached hydrogens (tertiary/aromatic N) is 5. The molecule has 2 aromatic carbocycles. The summed E-state index contributed by atoms with van der Waals surface area (Å²) >= 11 is 1.02. The molecule has 0 aliphatic carbocycles. The van der Waals surface area contributed by atoms with E-state index in [-0.39, 0.29) is 15.6 Å². The first-order valence-corrected chi connectivity index (χ1v) is 10.9. The molecular weight excluding hydrogens is 444 g/mol. The molecule has 0 aliphatic heterocycles. The van der Waals surface area contributed by atoms with E-state index in [9.17, 15) is 18.0 Å². The Morgan fingerprint density at radius 1 is 1.10 bits per heavy atom. The fourth-order valence-electron chi connectivity index (χ4n) is 2.62. The van der Waals surface area contributed by atoms with Crippen LogP contribution in [0.5, 0.6) is 0 Å². The molecular formula is C17H14N8O4S2. The van der Waals surface area contributed by atoms with Gasteiger partial charge in [-0.15, -0.1) is 0 Å². The summed E-state index contributed by atoms with van der Waals surface area (Å²) in [6.07, 6.45) is 1.53. The van der Waals surface area contributed by atoms with Gasteiger partial charge in [0.1, 0.15) is 16.2 Å². The molecule has 0 spiro atoms. The normalized spacial score (nSPS) is 13.1. The van der Waals surface area contributed by atoms with Gasteiger partial charge < -0.3 is 0 Å². The Labute approximate surface area is 177 Å². The van der Waals surface area contributed by atoms with Crippen LogP contribution < -0.4 is 37.6 Å². The predicted molar refractivity (Wildman–Crippen MR) is 114 cm³/mol. The second-order valence-corrected chi connectivity index (χ2v) is 8.62. The van der Waals surface area contributed by atoms with Crippen molar-refractivity contribution in [3.8, 4) is 0 Å². The maximum atomic E-state index is 12.6. The van der Waals surface area contributed by atoms with Crippen LogP contribution in [0.2, 0.25) is 0 Å². The van der Waals surface area contributed by atoms with Crippen molar-refractivity contribution in [3.63, 3.8) is 0 Å². The molecule has 2 heterocycles. The zero-order valence-corrected chi connectivity index (χ0v) is 17.4.